The van der Waals surface area contributed by atoms with E-state index in [-0.39, 0.29) is 17.5 Å². The van der Waals surface area contributed by atoms with Crippen molar-refractivity contribution >= 4 is 46.8 Å². The van der Waals surface area contributed by atoms with Crippen LogP contribution in [-0.4, -0.2) is 33.4 Å². The van der Waals surface area contributed by atoms with Crippen LogP contribution < -0.4 is 4.90 Å². The minimum absolute atomic E-state index is 0.0791. The number of hydrogen-bond acceptors (Lipinski definition) is 5. The van der Waals surface area contributed by atoms with E-state index in [2.05, 4.69) is 15.2 Å². The first kappa shape index (κ1) is 18.3. The molecular formula is C18H17FN4OS2. The molecule has 0 aliphatic carbocycles. The number of benzene rings is 1. The Hall–Kier alpha value is -2.45. The second-order valence-electron chi connectivity index (χ2n) is 5.26. The van der Waals surface area contributed by atoms with Gasteiger partial charge in [-0.15, -0.1) is 16.4 Å². The van der Waals surface area contributed by atoms with E-state index in [1.54, 1.807) is 28.4 Å². The molecule has 0 bridgehead atoms. The van der Waals surface area contributed by atoms with Crippen LogP contribution >= 0.6 is 23.1 Å². The van der Waals surface area contributed by atoms with Crippen molar-refractivity contribution in [3.05, 3.63) is 58.3 Å². The molecule has 3 aromatic rings. The van der Waals surface area contributed by atoms with Gasteiger partial charge in [0.2, 0.25) is 11.1 Å². The Labute approximate surface area is 159 Å². The van der Waals surface area contributed by atoms with Gasteiger partial charge in [0, 0.05) is 17.1 Å². The third-order valence-electron chi connectivity index (χ3n) is 3.51. The SMILES string of the molecule is CCN(C(=O)CSc1n[nH]c(/C=C/c2cccs2)n1)c1ccc(F)cc1. The number of nitrogens with zero attached hydrogens (tertiary/aromatic N) is 3. The lowest BCUT2D eigenvalue weighted by Crippen LogP contribution is -2.32. The number of amides is 1. The Morgan fingerprint density at radius 2 is 2.12 bits per heavy atom. The third-order valence-corrected chi connectivity index (χ3v) is 5.18. The first-order valence-corrected chi connectivity index (χ1v) is 9.85. The summed E-state index contributed by atoms with van der Waals surface area (Å²) in [5, 5.41) is 9.48. The molecule has 0 fully saturated rings. The summed E-state index contributed by atoms with van der Waals surface area (Å²) in [4.78, 5) is 19.5. The number of rotatable bonds is 7. The number of thioether (sulfide) groups is 1. The van der Waals surface area contributed by atoms with Crippen LogP contribution in [0.5, 0.6) is 0 Å². The summed E-state index contributed by atoms with van der Waals surface area (Å²) in [7, 11) is 0. The molecule has 1 aromatic carbocycles. The highest BCUT2D eigenvalue weighted by atomic mass is 32.2. The number of halogens is 1. The molecule has 1 N–H and O–H groups in total. The number of H-pyrrole nitrogens is 1. The summed E-state index contributed by atoms with van der Waals surface area (Å²) in [5.74, 6) is 0.441. The van der Waals surface area contributed by atoms with E-state index < -0.39 is 0 Å². The fourth-order valence-corrected chi connectivity index (χ4v) is 3.57. The Balaban J connectivity index is 1.57. The number of aromatic amines is 1. The third kappa shape index (κ3) is 4.80. The highest BCUT2D eigenvalue weighted by molar-refractivity contribution is 7.99. The van der Waals surface area contributed by atoms with Gasteiger partial charge in [-0.2, -0.15) is 0 Å². The Bertz CT molecular complexity index is 875. The Morgan fingerprint density at radius 1 is 1.31 bits per heavy atom. The van der Waals surface area contributed by atoms with E-state index in [1.807, 2.05) is 36.6 Å². The molecule has 0 spiro atoms. The van der Waals surface area contributed by atoms with Crippen molar-refractivity contribution in [3.8, 4) is 0 Å². The van der Waals surface area contributed by atoms with Crippen LogP contribution in [0, 0.1) is 5.82 Å². The quantitative estimate of drug-likeness (QED) is 0.612. The van der Waals surface area contributed by atoms with Gasteiger partial charge in [-0.1, -0.05) is 17.8 Å². The van der Waals surface area contributed by atoms with Gasteiger partial charge >= 0.3 is 0 Å². The van der Waals surface area contributed by atoms with Crippen molar-refractivity contribution < 1.29 is 9.18 Å². The van der Waals surface area contributed by atoms with Gasteiger partial charge in [-0.05, 0) is 54.8 Å². The Morgan fingerprint density at radius 3 is 2.81 bits per heavy atom. The van der Waals surface area contributed by atoms with Crippen molar-refractivity contribution in [2.45, 2.75) is 12.1 Å². The summed E-state index contributed by atoms with van der Waals surface area (Å²) >= 11 is 2.90. The molecule has 8 heteroatoms. The summed E-state index contributed by atoms with van der Waals surface area (Å²) in [6.07, 6.45) is 3.81. The lowest BCUT2D eigenvalue weighted by atomic mass is 10.3. The molecule has 0 aliphatic rings. The monoisotopic (exact) mass is 388 g/mol. The number of carbonyl (C=O) groups is 1. The first-order valence-electron chi connectivity index (χ1n) is 7.98. The number of nitrogens with one attached hydrogen (secondary N) is 1. The molecule has 3 rings (SSSR count). The molecule has 26 heavy (non-hydrogen) atoms. The van der Waals surface area contributed by atoms with Crippen molar-refractivity contribution in [2.24, 2.45) is 0 Å². The fraction of sp³-hybridized carbons (Fsp3) is 0.167. The molecule has 0 unspecified atom stereocenters. The average Bonchev–Trinajstić information content (AvgIpc) is 3.32. The lowest BCUT2D eigenvalue weighted by molar-refractivity contribution is -0.116. The van der Waals surface area contributed by atoms with Crippen LogP contribution in [0.15, 0.2) is 46.9 Å². The van der Waals surface area contributed by atoms with Gasteiger partial charge < -0.3 is 4.90 Å². The maximum absolute atomic E-state index is 13.0. The van der Waals surface area contributed by atoms with Crippen LogP contribution in [0.4, 0.5) is 10.1 Å². The summed E-state index contributed by atoms with van der Waals surface area (Å²) in [6.45, 7) is 2.39. The van der Waals surface area contributed by atoms with Gasteiger partial charge in [0.25, 0.3) is 0 Å². The number of aromatic nitrogens is 3. The highest BCUT2D eigenvalue weighted by Gasteiger charge is 2.15. The number of anilines is 1. The van der Waals surface area contributed by atoms with Gasteiger partial charge in [-0.3, -0.25) is 9.89 Å². The van der Waals surface area contributed by atoms with Gasteiger partial charge in [0.05, 0.1) is 5.75 Å². The normalized spacial score (nSPS) is 11.2. The van der Waals surface area contributed by atoms with Crippen molar-refractivity contribution in [3.63, 3.8) is 0 Å². The molecule has 1 amide bonds. The van der Waals surface area contributed by atoms with E-state index in [1.165, 1.54) is 23.9 Å². The highest BCUT2D eigenvalue weighted by Crippen LogP contribution is 2.19. The topological polar surface area (TPSA) is 61.9 Å². The van der Waals surface area contributed by atoms with E-state index in [0.717, 1.165) is 4.88 Å². The van der Waals surface area contributed by atoms with Crippen molar-refractivity contribution in [1.29, 1.82) is 0 Å². The molecular weight excluding hydrogens is 371 g/mol. The van der Waals surface area contributed by atoms with Gasteiger partial charge in [-0.25, -0.2) is 9.37 Å². The van der Waals surface area contributed by atoms with E-state index in [0.29, 0.717) is 23.2 Å². The molecule has 0 atom stereocenters. The summed E-state index contributed by atoms with van der Waals surface area (Å²) in [5.41, 5.74) is 0.675. The summed E-state index contributed by atoms with van der Waals surface area (Å²) < 4.78 is 13.0. The van der Waals surface area contributed by atoms with Crippen LogP contribution in [-0.2, 0) is 4.79 Å². The standard InChI is InChI=1S/C18H17FN4OS2/c1-2-23(14-7-5-13(19)6-8-14)17(24)12-26-18-20-16(21-22-18)10-9-15-4-3-11-25-15/h3-11H,2,12H2,1H3,(H,20,21,22)/b10-9+. The van der Waals surface area contributed by atoms with Crippen LogP contribution in [0.25, 0.3) is 12.2 Å². The zero-order valence-electron chi connectivity index (χ0n) is 14.1. The number of hydrogen-bond donors (Lipinski definition) is 1. The van der Waals surface area contributed by atoms with Crippen molar-refractivity contribution in [1.82, 2.24) is 15.2 Å². The molecule has 0 radical (unpaired) electrons. The zero-order valence-corrected chi connectivity index (χ0v) is 15.7. The minimum atomic E-state index is -0.324. The summed E-state index contributed by atoms with van der Waals surface area (Å²) in [6, 6.07) is 9.89. The van der Waals surface area contributed by atoms with Crippen LogP contribution in [0.2, 0.25) is 0 Å². The second kappa shape index (κ2) is 8.77. The second-order valence-corrected chi connectivity index (χ2v) is 7.18. The molecule has 0 saturated carbocycles. The smallest absolute Gasteiger partial charge is 0.237 e. The molecule has 2 aromatic heterocycles. The lowest BCUT2D eigenvalue weighted by Gasteiger charge is -2.20. The molecule has 2 heterocycles. The molecule has 134 valence electrons. The zero-order chi connectivity index (χ0) is 18.4. The number of carbonyl (C=O) groups excluding carboxylic acids is 1. The van der Waals surface area contributed by atoms with Gasteiger partial charge in [0.1, 0.15) is 11.6 Å². The fourth-order valence-electron chi connectivity index (χ4n) is 2.27. The maximum atomic E-state index is 13.0. The maximum Gasteiger partial charge on any atom is 0.237 e. The van der Waals surface area contributed by atoms with Crippen LogP contribution in [0.1, 0.15) is 17.6 Å². The largest absolute Gasteiger partial charge is 0.312 e. The average molecular weight is 388 g/mol. The predicted molar refractivity (Wildman–Crippen MR) is 105 cm³/mol. The van der Waals surface area contributed by atoms with E-state index in [9.17, 15) is 9.18 Å². The number of thiophene rings is 1. The molecule has 0 saturated heterocycles. The predicted octanol–water partition coefficient (Wildman–Crippen LogP) is 4.32. The van der Waals surface area contributed by atoms with Crippen molar-refractivity contribution in [2.75, 3.05) is 17.2 Å². The first-order chi connectivity index (χ1) is 12.7. The molecule has 0 aliphatic heterocycles. The minimum Gasteiger partial charge on any atom is -0.312 e. The molecule has 5 nitrogen and oxygen atoms in total. The van der Waals surface area contributed by atoms with Gasteiger partial charge in [0.15, 0.2) is 0 Å². The van der Waals surface area contributed by atoms with E-state index in [4.69, 9.17) is 0 Å². The van der Waals surface area contributed by atoms with Crippen LogP contribution in [0.3, 0.4) is 0 Å². The Kier molecular flexibility index (Phi) is 6.19. The van der Waals surface area contributed by atoms with E-state index >= 15 is 0 Å².